The van der Waals surface area contributed by atoms with Crippen LogP contribution in [-0.4, -0.2) is 22.0 Å². The lowest BCUT2D eigenvalue weighted by atomic mass is 9.92. The predicted molar refractivity (Wildman–Crippen MR) is 71.7 cm³/mol. The van der Waals surface area contributed by atoms with Crippen LogP contribution >= 0.6 is 0 Å². The van der Waals surface area contributed by atoms with Crippen molar-refractivity contribution in [3.05, 3.63) is 18.2 Å². The summed E-state index contributed by atoms with van der Waals surface area (Å²) in [5.74, 6) is 0.320. The van der Waals surface area contributed by atoms with E-state index in [1.165, 1.54) is 0 Å². The normalized spacial score (nSPS) is 12.1. The van der Waals surface area contributed by atoms with Crippen LogP contribution in [0.2, 0.25) is 0 Å². The number of primary amides is 1. The molecule has 0 saturated heterocycles. The van der Waals surface area contributed by atoms with Crippen LogP contribution in [0.4, 0.5) is 0 Å². The second-order valence-electron chi connectivity index (χ2n) is 5.79. The lowest BCUT2D eigenvalue weighted by Gasteiger charge is -2.22. The Bertz CT molecular complexity index is 395. The van der Waals surface area contributed by atoms with Crippen LogP contribution in [-0.2, 0) is 17.9 Å². The van der Waals surface area contributed by atoms with Gasteiger partial charge in [0.05, 0.1) is 17.4 Å². The van der Waals surface area contributed by atoms with Gasteiger partial charge in [-0.25, -0.2) is 4.98 Å². The van der Waals surface area contributed by atoms with Gasteiger partial charge < -0.3 is 15.6 Å². The third kappa shape index (κ3) is 4.14. The number of imidazole rings is 1. The molecule has 0 aliphatic rings. The molecule has 0 aliphatic heterocycles. The summed E-state index contributed by atoms with van der Waals surface area (Å²) in [4.78, 5) is 15.5. The highest BCUT2D eigenvalue weighted by molar-refractivity contribution is 5.79. The number of nitrogens with two attached hydrogens (primary N) is 1. The quantitative estimate of drug-likeness (QED) is 0.764. The number of carbonyl (C=O) groups excluding carboxylic acids is 1. The summed E-state index contributed by atoms with van der Waals surface area (Å²) < 4.78 is 1.98. The Balaban J connectivity index is 2.62. The van der Waals surface area contributed by atoms with Crippen molar-refractivity contribution in [3.8, 4) is 0 Å². The van der Waals surface area contributed by atoms with Gasteiger partial charge in [-0.05, 0) is 26.3 Å². The van der Waals surface area contributed by atoms with E-state index < -0.39 is 5.41 Å². The fraction of sp³-hybridized carbons (Fsp3) is 0.692. The van der Waals surface area contributed by atoms with Crippen LogP contribution < -0.4 is 11.1 Å². The lowest BCUT2D eigenvalue weighted by molar-refractivity contribution is -0.126. The zero-order chi connectivity index (χ0) is 13.8. The largest absolute Gasteiger partial charge is 0.369 e. The van der Waals surface area contributed by atoms with E-state index in [1.54, 1.807) is 6.33 Å². The number of aromatic nitrogens is 2. The topological polar surface area (TPSA) is 72.9 Å². The zero-order valence-corrected chi connectivity index (χ0v) is 11.7. The molecule has 0 radical (unpaired) electrons. The number of hydrogen-bond acceptors (Lipinski definition) is 3. The Labute approximate surface area is 109 Å². The first-order chi connectivity index (χ1) is 8.33. The summed E-state index contributed by atoms with van der Waals surface area (Å²) in [6.07, 6.45) is 3.57. The first-order valence-electron chi connectivity index (χ1n) is 6.32. The van der Waals surface area contributed by atoms with Gasteiger partial charge >= 0.3 is 0 Å². The molecule has 0 bridgehead atoms. The van der Waals surface area contributed by atoms with Crippen molar-refractivity contribution in [3.63, 3.8) is 0 Å². The Morgan fingerprint density at radius 2 is 2.22 bits per heavy atom. The highest BCUT2D eigenvalue weighted by Gasteiger charge is 2.26. The maximum absolute atomic E-state index is 11.3. The van der Waals surface area contributed by atoms with Gasteiger partial charge in [-0.2, -0.15) is 0 Å². The molecule has 1 heterocycles. The fourth-order valence-corrected chi connectivity index (χ4v) is 1.63. The summed E-state index contributed by atoms with van der Waals surface area (Å²) in [6, 6.07) is 0. The zero-order valence-electron chi connectivity index (χ0n) is 11.7. The highest BCUT2D eigenvalue weighted by Crippen LogP contribution is 2.18. The van der Waals surface area contributed by atoms with Crippen molar-refractivity contribution in [2.45, 2.75) is 40.8 Å². The molecule has 0 fully saturated rings. The molecule has 0 unspecified atom stereocenters. The van der Waals surface area contributed by atoms with Crippen molar-refractivity contribution >= 4 is 5.91 Å². The molecule has 3 N–H and O–H groups in total. The van der Waals surface area contributed by atoms with Gasteiger partial charge in [0.15, 0.2) is 0 Å². The molecule has 0 atom stereocenters. The molecule has 102 valence electrons. The fourth-order valence-electron chi connectivity index (χ4n) is 1.63. The van der Waals surface area contributed by atoms with E-state index in [9.17, 15) is 4.79 Å². The van der Waals surface area contributed by atoms with Gasteiger partial charge in [0.2, 0.25) is 5.91 Å². The van der Waals surface area contributed by atoms with Gasteiger partial charge in [-0.3, -0.25) is 4.79 Å². The summed E-state index contributed by atoms with van der Waals surface area (Å²) >= 11 is 0. The standard InChI is InChI=1S/C13H24N4O/c1-10(2)5-15-6-11-7-16-9-17(11)8-13(3,4)12(14)18/h7,9-10,15H,5-6,8H2,1-4H3,(H2,14,18). The van der Waals surface area contributed by atoms with Crippen LogP contribution in [0.3, 0.4) is 0 Å². The number of rotatable bonds is 7. The van der Waals surface area contributed by atoms with Gasteiger partial charge in [0.1, 0.15) is 0 Å². The van der Waals surface area contributed by atoms with Crippen LogP contribution in [0.1, 0.15) is 33.4 Å². The maximum atomic E-state index is 11.3. The number of carbonyl (C=O) groups is 1. The lowest BCUT2D eigenvalue weighted by Crippen LogP contribution is -2.36. The SMILES string of the molecule is CC(C)CNCc1cncn1CC(C)(C)C(N)=O. The van der Waals surface area contributed by atoms with E-state index in [2.05, 4.69) is 24.1 Å². The van der Waals surface area contributed by atoms with Crippen molar-refractivity contribution < 1.29 is 4.79 Å². The maximum Gasteiger partial charge on any atom is 0.224 e. The van der Waals surface area contributed by atoms with E-state index in [1.807, 2.05) is 24.6 Å². The van der Waals surface area contributed by atoms with E-state index in [0.717, 1.165) is 18.8 Å². The van der Waals surface area contributed by atoms with Crippen molar-refractivity contribution in [1.82, 2.24) is 14.9 Å². The average molecular weight is 252 g/mol. The second-order valence-corrected chi connectivity index (χ2v) is 5.79. The Kier molecular flexibility index (Phi) is 4.90. The van der Waals surface area contributed by atoms with Crippen LogP contribution in [0.5, 0.6) is 0 Å². The minimum atomic E-state index is -0.562. The summed E-state index contributed by atoms with van der Waals surface area (Å²) in [6.45, 7) is 10.3. The molecular weight excluding hydrogens is 228 g/mol. The summed E-state index contributed by atoms with van der Waals surface area (Å²) in [7, 11) is 0. The van der Waals surface area contributed by atoms with E-state index in [-0.39, 0.29) is 5.91 Å². The number of nitrogens with zero attached hydrogens (tertiary/aromatic N) is 2. The number of hydrogen-bond donors (Lipinski definition) is 2. The molecule has 1 aromatic heterocycles. The van der Waals surface area contributed by atoms with E-state index in [0.29, 0.717) is 12.5 Å². The highest BCUT2D eigenvalue weighted by atomic mass is 16.1. The molecule has 5 nitrogen and oxygen atoms in total. The molecule has 18 heavy (non-hydrogen) atoms. The summed E-state index contributed by atoms with van der Waals surface area (Å²) in [5, 5.41) is 3.37. The van der Waals surface area contributed by atoms with E-state index >= 15 is 0 Å². The molecular formula is C13H24N4O. The van der Waals surface area contributed by atoms with Gasteiger partial charge in [0, 0.05) is 19.3 Å². The summed E-state index contributed by atoms with van der Waals surface area (Å²) in [5.41, 5.74) is 5.90. The monoisotopic (exact) mass is 252 g/mol. The second kappa shape index (κ2) is 6.00. The van der Waals surface area contributed by atoms with Crippen LogP contribution in [0.25, 0.3) is 0 Å². The minimum absolute atomic E-state index is 0.294. The minimum Gasteiger partial charge on any atom is -0.369 e. The van der Waals surface area contributed by atoms with Gasteiger partial charge in [-0.15, -0.1) is 0 Å². The third-order valence-corrected chi connectivity index (χ3v) is 2.89. The van der Waals surface area contributed by atoms with Gasteiger partial charge in [0.25, 0.3) is 0 Å². The molecule has 1 amide bonds. The first-order valence-corrected chi connectivity index (χ1v) is 6.32. The van der Waals surface area contributed by atoms with Crippen molar-refractivity contribution in [1.29, 1.82) is 0 Å². The molecule has 0 spiro atoms. The Hall–Kier alpha value is -1.36. The molecule has 0 aromatic carbocycles. The van der Waals surface area contributed by atoms with Gasteiger partial charge in [-0.1, -0.05) is 13.8 Å². The molecule has 1 aromatic rings. The number of nitrogens with one attached hydrogen (secondary N) is 1. The predicted octanol–water partition coefficient (Wildman–Crippen LogP) is 1.14. The molecule has 0 saturated carbocycles. The van der Waals surface area contributed by atoms with Crippen LogP contribution in [0.15, 0.2) is 12.5 Å². The Morgan fingerprint density at radius 1 is 1.56 bits per heavy atom. The van der Waals surface area contributed by atoms with Crippen LogP contribution in [0, 0.1) is 11.3 Å². The van der Waals surface area contributed by atoms with Crippen molar-refractivity contribution in [2.24, 2.45) is 17.1 Å². The van der Waals surface area contributed by atoms with E-state index in [4.69, 9.17) is 5.73 Å². The number of amides is 1. The average Bonchev–Trinajstić information content (AvgIpc) is 2.64. The first kappa shape index (κ1) is 14.7. The Morgan fingerprint density at radius 3 is 2.78 bits per heavy atom. The molecule has 0 aliphatic carbocycles. The third-order valence-electron chi connectivity index (χ3n) is 2.89. The van der Waals surface area contributed by atoms with Crippen molar-refractivity contribution in [2.75, 3.05) is 6.54 Å². The molecule has 5 heteroatoms. The smallest absolute Gasteiger partial charge is 0.224 e. The molecule has 1 rings (SSSR count).